The van der Waals surface area contributed by atoms with E-state index in [-0.39, 0.29) is 5.91 Å². The lowest BCUT2D eigenvalue weighted by Crippen LogP contribution is -2.11. The molecule has 3 aromatic rings. The molecule has 0 fully saturated rings. The highest BCUT2D eigenvalue weighted by Crippen LogP contribution is 2.29. The lowest BCUT2D eigenvalue weighted by Gasteiger charge is -2.02. The van der Waals surface area contributed by atoms with E-state index in [4.69, 9.17) is 4.74 Å². The average Bonchev–Trinajstić information content (AvgIpc) is 3.00. The second kappa shape index (κ2) is 8.17. The second-order valence-corrected chi connectivity index (χ2v) is 7.36. The predicted molar refractivity (Wildman–Crippen MR) is 101 cm³/mol. The van der Waals surface area contributed by atoms with Crippen LogP contribution in [0.1, 0.15) is 12.8 Å². The van der Waals surface area contributed by atoms with Crippen LogP contribution in [0, 0.1) is 0 Å². The van der Waals surface area contributed by atoms with Gasteiger partial charge in [0.15, 0.2) is 5.13 Å². The third-order valence-electron chi connectivity index (χ3n) is 3.40. The summed E-state index contributed by atoms with van der Waals surface area (Å²) in [5.41, 5.74) is 0.871. The SMILES string of the molecule is COc1ccc2nc(NC(=O)CCCSc3ccccc3)sc2c1. The Morgan fingerprint density at radius 3 is 2.88 bits per heavy atom. The van der Waals surface area contributed by atoms with Gasteiger partial charge in [-0.2, -0.15) is 0 Å². The number of carbonyl (C=O) groups excluding carboxylic acids is 1. The van der Waals surface area contributed by atoms with Gasteiger partial charge in [0.25, 0.3) is 0 Å². The van der Waals surface area contributed by atoms with E-state index in [2.05, 4.69) is 22.4 Å². The predicted octanol–water partition coefficient (Wildman–Crippen LogP) is 4.82. The summed E-state index contributed by atoms with van der Waals surface area (Å²) in [6.45, 7) is 0. The minimum absolute atomic E-state index is 0.00897. The molecular weight excluding hydrogens is 340 g/mol. The summed E-state index contributed by atoms with van der Waals surface area (Å²) < 4.78 is 6.21. The van der Waals surface area contributed by atoms with Gasteiger partial charge in [0, 0.05) is 11.3 Å². The topological polar surface area (TPSA) is 51.2 Å². The molecular formula is C18H18N2O2S2. The Morgan fingerprint density at radius 2 is 2.08 bits per heavy atom. The van der Waals surface area contributed by atoms with Gasteiger partial charge in [-0.25, -0.2) is 4.98 Å². The van der Waals surface area contributed by atoms with Crippen LogP contribution >= 0.6 is 23.1 Å². The third kappa shape index (κ3) is 4.49. The number of carbonyl (C=O) groups is 1. The lowest BCUT2D eigenvalue weighted by molar-refractivity contribution is -0.116. The van der Waals surface area contributed by atoms with Crippen molar-refractivity contribution in [3.05, 3.63) is 48.5 Å². The first-order chi connectivity index (χ1) is 11.7. The number of amides is 1. The van der Waals surface area contributed by atoms with E-state index in [1.807, 2.05) is 36.4 Å². The number of nitrogens with zero attached hydrogens (tertiary/aromatic N) is 1. The lowest BCUT2D eigenvalue weighted by atomic mass is 10.3. The number of methoxy groups -OCH3 is 1. The number of rotatable bonds is 7. The van der Waals surface area contributed by atoms with Crippen molar-refractivity contribution in [3.8, 4) is 5.75 Å². The first-order valence-electron chi connectivity index (χ1n) is 7.67. The van der Waals surface area contributed by atoms with Gasteiger partial charge >= 0.3 is 0 Å². The second-order valence-electron chi connectivity index (χ2n) is 5.17. The number of fused-ring (bicyclic) bond motifs is 1. The van der Waals surface area contributed by atoms with E-state index >= 15 is 0 Å². The first-order valence-corrected chi connectivity index (χ1v) is 9.47. The van der Waals surface area contributed by atoms with Crippen LogP contribution in [-0.2, 0) is 4.79 Å². The molecule has 4 nitrogen and oxygen atoms in total. The smallest absolute Gasteiger partial charge is 0.226 e. The van der Waals surface area contributed by atoms with Crippen LogP contribution in [0.2, 0.25) is 0 Å². The zero-order chi connectivity index (χ0) is 16.8. The van der Waals surface area contributed by atoms with Crippen LogP contribution in [0.25, 0.3) is 10.2 Å². The summed E-state index contributed by atoms with van der Waals surface area (Å²) in [4.78, 5) is 17.7. The van der Waals surface area contributed by atoms with Crippen molar-refractivity contribution in [2.75, 3.05) is 18.2 Å². The molecule has 0 unspecified atom stereocenters. The Bertz CT molecular complexity index is 818. The molecule has 0 aliphatic carbocycles. The number of nitrogens with one attached hydrogen (secondary N) is 1. The van der Waals surface area contributed by atoms with Gasteiger partial charge in [0.2, 0.25) is 5.91 Å². The molecule has 2 aromatic carbocycles. The van der Waals surface area contributed by atoms with E-state index in [0.29, 0.717) is 11.6 Å². The number of benzene rings is 2. The van der Waals surface area contributed by atoms with Crippen LogP contribution in [0.15, 0.2) is 53.4 Å². The van der Waals surface area contributed by atoms with Crippen molar-refractivity contribution in [1.29, 1.82) is 0 Å². The molecule has 0 aliphatic heterocycles. The fourth-order valence-electron chi connectivity index (χ4n) is 2.21. The molecule has 1 N–H and O–H groups in total. The molecule has 0 aliphatic rings. The molecule has 0 bridgehead atoms. The van der Waals surface area contributed by atoms with E-state index in [1.165, 1.54) is 16.2 Å². The van der Waals surface area contributed by atoms with Gasteiger partial charge in [-0.3, -0.25) is 4.79 Å². The number of anilines is 1. The number of aromatic nitrogens is 1. The maximum atomic E-state index is 12.0. The van der Waals surface area contributed by atoms with Crippen molar-refractivity contribution in [3.63, 3.8) is 0 Å². The van der Waals surface area contributed by atoms with E-state index in [0.717, 1.165) is 28.1 Å². The monoisotopic (exact) mass is 358 g/mol. The fourth-order valence-corrected chi connectivity index (χ4v) is 3.99. The van der Waals surface area contributed by atoms with Gasteiger partial charge in [-0.05, 0) is 42.5 Å². The molecule has 0 atom stereocenters. The Hall–Kier alpha value is -2.05. The normalized spacial score (nSPS) is 10.7. The molecule has 0 spiro atoms. The first kappa shape index (κ1) is 16.8. The molecule has 1 aromatic heterocycles. The number of hydrogen-bond acceptors (Lipinski definition) is 5. The maximum Gasteiger partial charge on any atom is 0.226 e. The van der Waals surface area contributed by atoms with Gasteiger partial charge in [0.1, 0.15) is 5.75 Å². The Balaban J connectivity index is 1.48. The van der Waals surface area contributed by atoms with Crippen LogP contribution in [-0.4, -0.2) is 23.8 Å². The standard InChI is InChI=1S/C18H18N2O2S2/c1-22-13-9-10-15-16(12-13)24-18(19-15)20-17(21)8-5-11-23-14-6-3-2-4-7-14/h2-4,6-7,9-10,12H,5,8,11H2,1H3,(H,19,20,21). The van der Waals surface area contributed by atoms with Gasteiger partial charge in [-0.15, -0.1) is 11.8 Å². The summed E-state index contributed by atoms with van der Waals surface area (Å²) in [5, 5.41) is 3.52. The van der Waals surface area contributed by atoms with E-state index < -0.39 is 0 Å². The molecule has 1 heterocycles. The van der Waals surface area contributed by atoms with Crippen molar-refractivity contribution < 1.29 is 9.53 Å². The molecule has 6 heteroatoms. The molecule has 0 radical (unpaired) electrons. The highest BCUT2D eigenvalue weighted by Gasteiger charge is 2.08. The van der Waals surface area contributed by atoms with Gasteiger partial charge in [-0.1, -0.05) is 29.5 Å². The molecule has 1 amide bonds. The molecule has 0 saturated heterocycles. The van der Waals surface area contributed by atoms with E-state index in [9.17, 15) is 4.79 Å². The summed E-state index contributed by atoms with van der Waals surface area (Å²) in [7, 11) is 1.64. The maximum absolute atomic E-state index is 12.0. The van der Waals surface area contributed by atoms with Gasteiger partial charge < -0.3 is 10.1 Å². The number of ether oxygens (including phenoxy) is 1. The largest absolute Gasteiger partial charge is 0.497 e. The van der Waals surface area contributed by atoms with Crippen molar-refractivity contribution in [2.45, 2.75) is 17.7 Å². The molecule has 24 heavy (non-hydrogen) atoms. The quantitative estimate of drug-likeness (QED) is 0.486. The molecule has 0 saturated carbocycles. The summed E-state index contributed by atoms with van der Waals surface area (Å²) >= 11 is 3.23. The molecule has 3 rings (SSSR count). The number of thiazole rings is 1. The average molecular weight is 358 g/mol. The summed E-state index contributed by atoms with van der Waals surface area (Å²) in [5.74, 6) is 1.73. The zero-order valence-electron chi connectivity index (χ0n) is 13.3. The van der Waals surface area contributed by atoms with E-state index in [1.54, 1.807) is 18.9 Å². The third-order valence-corrected chi connectivity index (χ3v) is 5.43. The minimum Gasteiger partial charge on any atom is -0.497 e. The van der Waals surface area contributed by atoms with Crippen molar-refractivity contribution in [1.82, 2.24) is 4.98 Å². The van der Waals surface area contributed by atoms with Crippen LogP contribution < -0.4 is 10.1 Å². The minimum atomic E-state index is 0.00897. The zero-order valence-corrected chi connectivity index (χ0v) is 15.0. The van der Waals surface area contributed by atoms with Crippen LogP contribution in [0.5, 0.6) is 5.75 Å². The van der Waals surface area contributed by atoms with Crippen molar-refractivity contribution >= 4 is 44.4 Å². The Morgan fingerprint density at radius 1 is 1.25 bits per heavy atom. The highest BCUT2D eigenvalue weighted by atomic mass is 32.2. The number of hydrogen-bond donors (Lipinski definition) is 1. The summed E-state index contributed by atoms with van der Waals surface area (Å²) in [6, 6.07) is 15.9. The Labute approximate surface area is 149 Å². The Kier molecular flexibility index (Phi) is 5.72. The van der Waals surface area contributed by atoms with Crippen molar-refractivity contribution in [2.24, 2.45) is 0 Å². The number of thioether (sulfide) groups is 1. The highest BCUT2D eigenvalue weighted by molar-refractivity contribution is 7.99. The fraction of sp³-hybridized carbons (Fsp3) is 0.222. The van der Waals surface area contributed by atoms with Gasteiger partial charge in [0.05, 0.1) is 17.3 Å². The molecule has 124 valence electrons. The summed E-state index contributed by atoms with van der Waals surface area (Å²) in [6.07, 6.45) is 1.34. The van der Waals surface area contributed by atoms with Crippen LogP contribution in [0.4, 0.5) is 5.13 Å². The van der Waals surface area contributed by atoms with Crippen LogP contribution in [0.3, 0.4) is 0 Å².